The van der Waals surface area contributed by atoms with E-state index in [2.05, 4.69) is 15.4 Å². The van der Waals surface area contributed by atoms with Crippen LogP contribution in [-0.4, -0.2) is 97.0 Å². The predicted molar refractivity (Wildman–Crippen MR) is 195 cm³/mol. The van der Waals surface area contributed by atoms with E-state index in [0.717, 1.165) is 4.90 Å². The minimum atomic E-state index is -4.93. The molecule has 56 heavy (non-hydrogen) atoms. The second-order valence-corrected chi connectivity index (χ2v) is 18.1. The summed E-state index contributed by atoms with van der Waals surface area (Å²) >= 11 is 0. The van der Waals surface area contributed by atoms with E-state index in [1.54, 1.807) is 38.1 Å². The maximum absolute atomic E-state index is 14.6. The summed E-state index contributed by atoms with van der Waals surface area (Å²) in [7, 11) is -2.74. The number of fused-ring (bicyclic) bond motifs is 2. The Hall–Kier alpha value is -4.35. The fourth-order valence-electron chi connectivity index (χ4n) is 7.56. The zero-order valence-electron chi connectivity index (χ0n) is 32.4. The number of rotatable bonds is 9. The molecule has 0 aromatic heterocycles. The van der Waals surface area contributed by atoms with Crippen LogP contribution in [0.25, 0.3) is 0 Å². The zero-order chi connectivity index (χ0) is 41.4. The van der Waals surface area contributed by atoms with Gasteiger partial charge in [0.15, 0.2) is 0 Å². The number of hydrogen-bond donors (Lipinski definition) is 3. The summed E-state index contributed by atoms with van der Waals surface area (Å²) in [6.07, 6.45) is -1.64. The van der Waals surface area contributed by atoms with Crippen molar-refractivity contribution in [2.45, 2.75) is 126 Å². The van der Waals surface area contributed by atoms with Gasteiger partial charge in [0, 0.05) is 12.3 Å². The Morgan fingerprint density at radius 3 is 2.38 bits per heavy atom. The van der Waals surface area contributed by atoms with E-state index in [0.29, 0.717) is 52.4 Å². The summed E-state index contributed by atoms with van der Waals surface area (Å²) < 4.78 is 84.6. The molecule has 2 aliphatic heterocycles. The van der Waals surface area contributed by atoms with Crippen molar-refractivity contribution in [2.75, 3.05) is 13.7 Å². The molecular formula is C38H51F3N4O10S. The molecule has 0 bridgehead atoms. The normalized spacial score (nSPS) is 29.9. The van der Waals surface area contributed by atoms with Crippen molar-refractivity contribution in [2.24, 2.45) is 17.8 Å². The highest BCUT2D eigenvalue weighted by molar-refractivity contribution is 7.91. The minimum absolute atomic E-state index is 0.0654. The molecule has 4 amide bonds. The van der Waals surface area contributed by atoms with Gasteiger partial charge in [0.05, 0.1) is 18.4 Å². The number of para-hydroxylation sites is 1. The number of alkyl carbamates (subject to hydrolysis) is 1. The van der Waals surface area contributed by atoms with Crippen LogP contribution >= 0.6 is 0 Å². The van der Waals surface area contributed by atoms with E-state index in [4.69, 9.17) is 14.2 Å². The van der Waals surface area contributed by atoms with Crippen LogP contribution < -0.4 is 20.1 Å². The van der Waals surface area contributed by atoms with Crippen LogP contribution in [0.15, 0.2) is 36.4 Å². The Kier molecular flexibility index (Phi) is 12.1. The number of ether oxygens (including phenoxy) is 3. The van der Waals surface area contributed by atoms with Crippen molar-refractivity contribution < 1.29 is 59.8 Å². The van der Waals surface area contributed by atoms with E-state index >= 15 is 0 Å². The molecule has 2 saturated carbocycles. The maximum atomic E-state index is 14.6. The fourth-order valence-corrected chi connectivity index (χ4v) is 9.23. The minimum Gasteiger partial charge on any atom is -0.496 e. The van der Waals surface area contributed by atoms with Crippen molar-refractivity contribution in [3.05, 3.63) is 42.0 Å². The molecule has 1 aromatic rings. The molecular weight excluding hydrogens is 761 g/mol. The smallest absolute Gasteiger partial charge is 0.427 e. The lowest BCUT2D eigenvalue weighted by molar-refractivity contribution is -0.244. The second-order valence-electron chi connectivity index (χ2n) is 16.1. The van der Waals surface area contributed by atoms with Crippen molar-refractivity contribution >= 4 is 39.8 Å². The van der Waals surface area contributed by atoms with Gasteiger partial charge in [-0.25, -0.2) is 18.0 Å². The molecule has 18 heteroatoms. The van der Waals surface area contributed by atoms with Gasteiger partial charge in [-0.2, -0.15) is 13.2 Å². The van der Waals surface area contributed by atoms with Crippen molar-refractivity contribution in [1.29, 1.82) is 0 Å². The summed E-state index contributed by atoms with van der Waals surface area (Å²) in [5, 5.41) is 5.05. The number of esters is 1. The Morgan fingerprint density at radius 2 is 1.75 bits per heavy atom. The molecule has 2 aliphatic carbocycles. The van der Waals surface area contributed by atoms with Gasteiger partial charge in [0.2, 0.25) is 27.4 Å². The SMILES string of the molecule is CCC1(S(=O)(=O)NC(=O)[C@@]23C[C@H]2/C=C\CC[C@@H](C)C[C@@H](C)[C@H](NC(=O)OC(C)(C)C(F)(F)F)C(=O)N2C[C@H](OC(=O)c4ccccc4OC)C[C@H]2C(=O)N3)CC1. The monoisotopic (exact) mass is 812 g/mol. The molecule has 0 radical (unpaired) electrons. The molecule has 0 unspecified atom stereocenters. The topological polar surface area (TPSA) is 187 Å². The molecule has 0 spiro atoms. The summed E-state index contributed by atoms with van der Waals surface area (Å²) in [5.41, 5.74) is -4.53. The van der Waals surface area contributed by atoms with Crippen LogP contribution in [-0.2, 0) is 33.9 Å². The van der Waals surface area contributed by atoms with Crippen LogP contribution in [0.4, 0.5) is 18.0 Å². The van der Waals surface area contributed by atoms with Gasteiger partial charge in [0.25, 0.3) is 5.91 Å². The maximum Gasteiger partial charge on any atom is 0.427 e. The Morgan fingerprint density at radius 1 is 1.07 bits per heavy atom. The number of carbonyl (C=O) groups is 5. The van der Waals surface area contributed by atoms with Gasteiger partial charge in [-0.05, 0) is 82.8 Å². The van der Waals surface area contributed by atoms with Gasteiger partial charge in [-0.3, -0.25) is 19.1 Å². The van der Waals surface area contributed by atoms with Gasteiger partial charge in [-0.1, -0.05) is 45.1 Å². The number of halogens is 3. The van der Waals surface area contributed by atoms with Gasteiger partial charge in [0.1, 0.15) is 35.0 Å². The first-order valence-electron chi connectivity index (χ1n) is 18.9. The third-order valence-corrected chi connectivity index (χ3v) is 13.9. The second kappa shape index (κ2) is 15.9. The lowest BCUT2D eigenvalue weighted by atomic mass is 9.88. The summed E-state index contributed by atoms with van der Waals surface area (Å²) in [4.78, 5) is 70.3. The molecule has 1 aromatic carbocycles. The number of sulfonamides is 1. The number of carbonyl (C=O) groups excluding carboxylic acids is 5. The number of allylic oxidation sites excluding steroid dienone is 1. The zero-order valence-corrected chi connectivity index (χ0v) is 33.2. The third-order valence-electron chi connectivity index (χ3n) is 11.6. The number of nitrogens with zero attached hydrogens (tertiary/aromatic N) is 1. The average molecular weight is 813 g/mol. The summed E-state index contributed by atoms with van der Waals surface area (Å²) in [6.45, 7) is 6.24. The quantitative estimate of drug-likeness (QED) is 0.236. The van der Waals surface area contributed by atoms with E-state index in [1.165, 1.54) is 13.2 Å². The molecule has 3 N–H and O–H groups in total. The highest BCUT2D eigenvalue weighted by Crippen LogP contribution is 2.49. The number of benzene rings is 1. The first kappa shape index (κ1) is 42.8. The first-order chi connectivity index (χ1) is 26.1. The molecule has 2 heterocycles. The van der Waals surface area contributed by atoms with Crippen molar-refractivity contribution in [3.63, 3.8) is 0 Å². The molecule has 1 saturated heterocycles. The fraction of sp³-hybridized carbons (Fsp3) is 0.658. The molecule has 3 fully saturated rings. The van der Waals surface area contributed by atoms with Crippen LogP contribution in [0.5, 0.6) is 5.75 Å². The molecule has 310 valence electrons. The van der Waals surface area contributed by atoms with Crippen LogP contribution in [0, 0.1) is 17.8 Å². The number of hydrogen-bond acceptors (Lipinski definition) is 10. The van der Waals surface area contributed by atoms with Gasteiger partial charge < -0.3 is 29.7 Å². The number of alkyl halides is 3. The van der Waals surface area contributed by atoms with E-state index < -0.39 is 91.9 Å². The average Bonchev–Trinajstić information content (AvgIpc) is 4.02. The third kappa shape index (κ3) is 8.79. The predicted octanol–water partition coefficient (Wildman–Crippen LogP) is 4.53. The number of methoxy groups -OCH3 is 1. The van der Waals surface area contributed by atoms with Crippen LogP contribution in [0.2, 0.25) is 0 Å². The van der Waals surface area contributed by atoms with E-state index in [-0.39, 0.29) is 36.6 Å². The molecule has 4 aliphatic rings. The van der Waals surface area contributed by atoms with Gasteiger partial charge >= 0.3 is 18.2 Å². The molecule has 5 rings (SSSR count). The lowest BCUT2D eigenvalue weighted by Crippen LogP contribution is -2.60. The highest BCUT2D eigenvalue weighted by Gasteiger charge is 2.63. The largest absolute Gasteiger partial charge is 0.496 e. The lowest BCUT2D eigenvalue weighted by Gasteiger charge is -2.34. The number of nitrogens with one attached hydrogen (secondary N) is 3. The van der Waals surface area contributed by atoms with Crippen molar-refractivity contribution in [3.8, 4) is 5.75 Å². The Labute approximate surface area is 324 Å². The molecule has 14 nitrogen and oxygen atoms in total. The first-order valence-corrected chi connectivity index (χ1v) is 20.3. The summed E-state index contributed by atoms with van der Waals surface area (Å²) in [5.74, 6) is -4.58. The van der Waals surface area contributed by atoms with Crippen molar-refractivity contribution in [1.82, 2.24) is 20.3 Å². The van der Waals surface area contributed by atoms with E-state index in [9.17, 15) is 45.6 Å². The Bertz CT molecular complexity index is 1850. The molecule has 7 atom stereocenters. The Balaban J connectivity index is 1.49. The van der Waals surface area contributed by atoms with Gasteiger partial charge in [-0.15, -0.1) is 0 Å². The van der Waals surface area contributed by atoms with Crippen LogP contribution in [0.1, 0.15) is 96.3 Å². The van der Waals surface area contributed by atoms with Crippen LogP contribution in [0.3, 0.4) is 0 Å². The van der Waals surface area contributed by atoms with E-state index in [1.807, 2.05) is 13.0 Å². The number of amides is 4. The standard InChI is InChI=1S/C38H51F3N4O10S/c1-7-36(16-17-36)56(51,52)44-33(49)37-20-24(37)13-9-8-12-22(2)18-23(3)29(42-34(50)55-35(4,5)38(39,40)41)31(47)45-21-25(19-27(45)30(46)43-37)54-32(48)26-14-10-11-15-28(26)53-6/h9-11,13-15,22-25,27,29H,7-8,12,16-21H2,1-6H3,(H,42,50)(H,43,46)(H,44,49)/b13-9-/t22-,23-,24-,25-,27+,29+,37-/m1/s1. The summed E-state index contributed by atoms with van der Waals surface area (Å²) in [6, 6.07) is 3.32. The highest BCUT2D eigenvalue weighted by atomic mass is 32.2.